The van der Waals surface area contributed by atoms with Crippen LogP contribution >= 0.6 is 0 Å². The SMILES string of the molecule is CCCCCCCCCCCCCCCCC=CC(CC(=O)O)C(=O)OC1CC2CC1C1CCCC21. The van der Waals surface area contributed by atoms with Crippen LogP contribution in [0.1, 0.15) is 142 Å². The second kappa shape index (κ2) is 16.5. The van der Waals surface area contributed by atoms with Crippen LogP contribution in [0, 0.1) is 29.6 Å². The first-order valence-electron chi connectivity index (χ1n) is 15.7. The van der Waals surface area contributed by atoms with E-state index in [1.807, 2.05) is 12.2 Å². The van der Waals surface area contributed by atoms with Crippen molar-refractivity contribution in [3.05, 3.63) is 12.2 Å². The van der Waals surface area contributed by atoms with Gasteiger partial charge in [-0.15, -0.1) is 0 Å². The highest BCUT2D eigenvalue weighted by Crippen LogP contribution is 2.59. The van der Waals surface area contributed by atoms with Gasteiger partial charge >= 0.3 is 11.9 Å². The highest BCUT2D eigenvalue weighted by molar-refractivity contribution is 5.80. The van der Waals surface area contributed by atoms with Gasteiger partial charge in [-0.3, -0.25) is 9.59 Å². The molecule has 206 valence electrons. The van der Waals surface area contributed by atoms with Crippen LogP contribution < -0.4 is 0 Å². The maximum Gasteiger partial charge on any atom is 0.313 e. The second-order valence-corrected chi connectivity index (χ2v) is 12.1. The number of esters is 1. The summed E-state index contributed by atoms with van der Waals surface area (Å²) in [5, 5.41) is 9.32. The normalized spacial score (nSPS) is 27.5. The molecule has 0 amide bonds. The predicted octanol–water partition coefficient (Wildman–Crippen LogP) is 8.87. The highest BCUT2D eigenvalue weighted by atomic mass is 16.5. The van der Waals surface area contributed by atoms with Crippen LogP contribution in [0.2, 0.25) is 0 Å². The highest BCUT2D eigenvalue weighted by Gasteiger charge is 2.55. The van der Waals surface area contributed by atoms with Gasteiger partial charge in [-0.2, -0.15) is 0 Å². The van der Waals surface area contributed by atoms with E-state index in [-0.39, 0.29) is 18.5 Å². The third kappa shape index (κ3) is 9.53. The summed E-state index contributed by atoms with van der Waals surface area (Å²) >= 11 is 0. The summed E-state index contributed by atoms with van der Waals surface area (Å²) in [4.78, 5) is 24.2. The number of hydrogen-bond acceptors (Lipinski definition) is 3. The Morgan fingerprint density at radius 1 is 0.806 bits per heavy atom. The topological polar surface area (TPSA) is 63.6 Å². The largest absolute Gasteiger partial charge is 0.481 e. The van der Waals surface area contributed by atoms with Crippen molar-refractivity contribution in [1.29, 1.82) is 0 Å². The minimum Gasteiger partial charge on any atom is -0.481 e. The summed E-state index contributed by atoms with van der Waals surface area (Å²) in [6.07, 6.45) is 29.6. The number of carbonyl (C=O) groups excluding carboxylic acids is 1. The predicted molar refractivity (Wildman–Crippen MR) is 147 cm³/mol. The molecule has 0 aromatic carbocycles. The number of carboxylic acid groups (broad SMARTS) is 1. The van der Waals surface area contributed by atoms with Crippen molar-refractivity contribution in [2.45, 2.75) is 148 Å². The Kier molecular flexibility index (Phi) is 13.4. The standard InChI is InChI=1S/C32H54O4/c1-2-3-4-5-6-7-8-9-10-11-12-13-14-15-16-17-19-25(24-31(33)34)32(35)36-30-23-26-22-29(30)28-21-18-20-27(26)28/h17,19,25-30H,2-16,18,20-24H2,1H3,(H,33,34). The van der Waals surface area contributed by atoms with E-state index in [0.29, 0.717) is 5.92 Å². The molecule has 1 N–H and O–H groups in total. The summed E-state index contributed by atoms with van der Waals surface area (Å²) in [5.74, 6) is 0.974. The van der Waals surface area contributed by atoms with Gasteiger partial charge in [0.05, 0.1) is 12.3 Å². The lowest BCUT2D eigenvalue weighted by atomic mass is 9.80. The molecule has 0 saturated heterocycles. The minimum atomic E-state index is -0.929. The average molecular weight is 503 g/mol. The Hall–Kier alpha value is -1.32. The molecule has 0 spiro atoms. The van der Waals surface area contributed by atoms with Gasteiger partial charge < -0.3 is 9.84 Å². The summed E-state index contributed by atoms with van der Waals surface area (Å²) in [6, 6.07) is 0. The van der Waals surface area contributed by atoms with Crippen molar-refractivity contribution in [3.8, 4) is 0 Å². The Morgan fingerprint density at radius 2 is 1.39 bits per heavy atom. The van der Waals surface area contributed by atoms with Crippen LogP contribution in [0.25, 0.3) is 0 Å². The molecular weight excluding hydrogens is 448 g/mol. The monoisotopic (exact) mass is 502 g/mol. The zero-order valence-corrected chi connectivity index (χ0v) is 23.1. The Labute approximate surface area is 221 Å². The molecule has 36 heavy (non-hydrogen) atoms. The van der Waals surface area contributed by atoms with Gasteiger partial charge in [0, 0.05) is 0 Å². The van der Waals surface area contributed by atoms with Gasteiger partial charge in [0.2, 0.25) is 0 Å². The van der Waals surface area contributed by atoms with Gasteiger partial charge in [0.1, 0.15) is 6.10 Å². The Bertz CT molecular complexity index is 671. The fourth-order valence-corrected chi connectivity index (χ4v) is 7.51. The van der Waals surface area contributed by atoms with Crippen LogP contribution in [-0.2, 0) is 14.3 Å². The molecule has 0 aliphatic heterocycles. The van der Waals surface area contributed by atoms with Crippen LogP contribution in [0.4, 0.5) is 0 Å². The third-order valence-corrected chi connectivity index (χ3v) is 9.43. The number of fused-ring (bicyclic) bond motifs is 5. The Balaban J connectivity index is 1.22. The molecule has 3 aliphatic rings. The number of hydrogen-bond donors (Lipinski definition) is 1. The summed E-state index contributed by atoms with van der Waals surface area (Å²) in [6.45, 7) is 2.27. The van der Waals surface area contributed by atoms with Crippen LogP contribution in [0.5, 0.6) is 0 Å². The average Bonchev–Trinajstić information content (AvgIpc) is 3.57. The third-order valence-electron chi connectivity index (χ3n) is 9.43. The number of allylic oxidation sites excluding steroid dienone is 1. The van der Waals surface area contributed by atoms with E-state index in [2.05, 4.69) is 6.92 Å². The fourth-order valence-electron chi connectivity index (χ4n) is 7.51. The van der Waals surface area contributed by atoms with E-state index < -0.39 is 11.9 Å². The molecule has 3 saturated carbocycles. The number of aliphatic carboxylic acids is 1. The van der Waals surface area contributed by atoms with E-state index >= 15 is 0 Å². The molecule has 0 heterocycles. The van der Waals surface area contributed by atoms with E-state index in [4.69, 9.17) is 4.74 Å². The molecule has 4 nitrogen and oxygen atoms in total. The molecule has 3 rings (SSSR count). The summed E-state index contributed by atoms with van der Waals surface area (Å²) < 4.78 is 5.94. The molecule has 0 aromatic heterocycles. The van der Waals surface area contributed by atoms with Gasteiger partial charge in [0.25, 0.3) is 0 Å². The molecule has 4 heteroatoms. The van der Waals surface area contributed by atoms with Gasteiger partial charge in [-0.05, 0) is 62.2 Å². The zero-order chi connectivity index (χ0) is 25.6. The first kappa shape index (κ1) is 29.2. The van der Waals surface area contributed by atoms with Crippen molar-refractivity contribution in [3.63, 3.8) is 0 Å². The number of ether oxygens (including phenoxy) is 1. The van der Waals surface area contributed by atoms with Crippen LogP contribution in [0.3, 0.4) is 0 Å². The van der Waals surface area contributed by atoms with E-state index in [1.165, 1.54) is 109 Å². The van der Waals surface area contributed by atoms with Gasteiger partial charge in [0.15, 0.2) is 0 Å². The molecule has 6 atom stereocenters. The van der Waals surface area contributed by atoms with Crippen LogP contribution in [0.15, 0.2) is 12.2 Å². The lowest BCUT2D eigenvalue weighted by Gasteiger charge is -2.31. The van der Waals surface area contributed by atoms with E-state index in [9.17, 15) is 14.7 Å². The van der Waals surface area contributed by atoms with E-state index in [1.54, 1.807) is 0 Å². The molecule has 3 aliphatic carbocycles. The quantitative estimate of drug-likeness (QED) is 0.103. The summed E-state index contributed by atoms with van der Waals surface area (Å²) in [7, 11) is 0. The lowest BCUT2D eigenvalue weighted by Crippen LogP contribution is -2.34. The molecular formula is C32H54O4. The molecule has 0 aromatic rings. The van der Waals surface area contributed by atoms with Crippen LogP contribution in [-0.4, -0.2) is 23.1 Å². The molecule has 6 unspecified atom stereocenters. The second-order valence-electron chi connectivity index (χ2n) is 12.1. The molecule has 0 radical (unpaired) electrons. The zero-order valence-electron chi connectivity index (χ0n) is 23.1. The van der Waals surface area contributed by atoms with Crippen molar-refractivity contribution in [1.82, 2.24) is 0 Å². The van der Waals surface area contributed by atoms with Crippen molar-refractivity contribution in [2.75, 3.05) is 0 Å². The smallest absolute Gasteiger partial charge is 0.313 e. The van der Waals surface area contributed by atoms with Gasteiger partial charge in [-0.25, -0.2) is 0 Å². The fraction of sp³-hybridized carbons (Fsp3) is 0.875. The number of carboxylic acids is 1. The van der Waals surface area contributed by atoms with Gasteiger partial charge in [-0.1, -0.05) is 109 Å². The Morgan fingerprint density at radius 3 is 2.00 bits per heavy atom. The first-order valence-corrected chi connectivity index (χ1v) is 15.7. The first-order chi connectivity index (χ1) is 17.6. The summed E-state index contributed by atoms with van der Waals surface area (Å²) in [5.41, 5.74) is 0. The maximum absolute atomic E-state index is 12.9. The lowest BCUT2D eigenvalue weighted by molar-refractivity contribution is -0.159. The van der Waals surface area contributed by atoms with Crippen molar-refractivity contribution < 1.29 is 19.4 Å². The number of rotatable bonds is 20. The number of carbonyl (C=O) groups is 2. The van der Waals surface area contributed by atoms with Crippen molar-refractivity contribution >= 4 is 11.9 Å². The molecule has 2 bridgehead atoms. The van der Waals surface area contributed by atoms with E-state index in [0.717, 1.165) is 37.0 Å². The minimum absolute atomic E-state index is 0.0253. The number of unbranched alkanes of at least 4 members (excludes halogenated alkanes) is 14. The molecule has 3 fully saturated rings. The maximum atomic E-state index is 12.9. The van der Waals surface area contributed by atoms with Crippen molar-refractivity contribution in [2.24, 2.45) is 29.6 Å².